The number of aromatic nitrogens is 4. The normalized spacial score (nSPS) is 14.7. The van der Waals surface area contributed by atoms with Gasteiger partial charge in [-0.1, -0.05) is 23.2 Å². The Bertz CT molecular complexity index is 1310. The fourth-order valence-corrected chi connectivity index (χ4v) is 4.18. The van der Waals surface area contributed by atoms with Crippen molar-refractivity contribution in [3.8, 4) is 11.3 Å². The van der Waals surface area contributed by atoms with E-state index in [2.05, 4.69) is 15.0 Å². The maximum Gasteiger partial charge on any atom is 0.268 e. The monoisotopic (exact) mass is 448 g/mol. The van der Waals surface area contributed by atoms with E-state index in [0.29, 0.717) is 53.7 Å². The molecule has 1 aromatic carbocycles. The summed E-state index contributed by atoms with van der Waals surface area (Å²) in [5.41, 5.74) is 6.79. The molecule has 0 bridgehead atoms. The number of imidazole rings is 1. The summed E-state index contributed by atoms with van der Waals surface area (Å²) in [5, 5.41) is 0.896. The van der Waals surface area contributed by atoms with Crippen molar-refractivity contribution in [3.63, 3.8) is 0 Å². The molecule has 0 radical (unpaired) electrons. The van der Waals surface area contributed by atoms with E-state index >= 15 is 4.39 Å². The van der Waals surface area contributed by atoms with Crippen molar-refractivity contribution in [2.24, 2.45) is 5.73 Å². The molecule has 154 valence electrons. The fourth-order valence-electron chi connectivity index (χ4n) is 3.66. The topological polar surface area (TPSA) is 102 Å². The number of amides is 1. The summed E-state index contributed by atoms with van der Waals surface area (Å²) in [4.78, 5) is 25.7. The van der Waals surface area contributed by atoms with Gasteiger partial charge in [0.25, 0.3) is 5.91 Å². The predicted molar refractivity (Wildman–Crippen MR) is 112 cm³/mol. The lowest BCUT2D eigenvalue weighted by molar-refractivity contribution is 0.0996. The molecule has 0 atom stereocenters. The quantitative estimate of drug-likeness (QED) is 0.500. The van der Waals surface area contributed by atoms with Gasteiger partial charge in [-0.2, -0.15) is 0 Å². The molecule has 3 N–H and O–H groups in total. The maximum absolute atomic E-state index is 15.0. The molecule has 1 aliphatic rings. The van der Waals surface area contributed by atoms with Gasteiger partial charge in [0.2, 0.25) is 0 Å². The van der Waals surface area contributed by atoms with Gasteiger partial charge in [-0.15, -0.1) is 0 Å². The van der Waals surface area contributed by atoms with Crippen LogP contribution < -0.4 is 10.6 Å². The Morgan fingerprint density at radius 3 is 2.73 bits per heavy atom. The first kappa shape index (κ1) is 19.1. The first-order valence-corrected chi connectivity index (χ1v) is 9.88. The van der Waals surface area contributed by atoms with Gasteiger partial charge in [-0.3, -0.25) is 9.20 Å². The molecule has 4 aromatic rings. The summed E-state index contributed by atoms with van der Waals surface area (Å²) in [5.74, 6) is -0.777. The van der Waals surface area contributed by atoms with Crippen LogP contribution in [0.1, 0.15) is 10.5 Å². The number of rotatable bonds is 3. The fraction of sp³-hybridized carbons (Fsp3) is 0.211. The van der Waals surface area contributed by atoms with E-state index in [-0.39, 0.29) is 22.1 Å². The van der Waals surface area contributed by atoms with Crippen LogP contribution in [0.3, 0.4) is 0 Å². The largest absolute Gasteiger partial charge is 0.378 e. The molecule has 5 rings (SSSR count). The third-order valence-electron chi connectivity index (χ3n) is 5.08. The number of aromatic amines is 1. The Kier molecular flexibility index (Phi) is 4.53. The summed E-state index contributed by atoms with van der Waals surface area (Å²) in [7, 11) is 0. The van der Waals surface area contributed by atoms with Crippen LogP contribution in [-0.4, -0.2) is 51.6 Å². The third-order valence-corrected chi connectivity index (χ3v) is 5.74. The van der Waals surface area contributed by atoms with Gasteiger partial charge in [0.05, 0.1) is 18.2 Å². The highest BCUT2D eigenvalue weighted by atomic mass is 35.5. The standard InChI is InChI=1S/C19H15Cl2FN6O2/c20-9-7-24-11-2-1-10(22)14(13(9)11)15-16(21)28-8-12(17(23)29)25-19(28)18(26-15)27-3-5-30-6-4-27/h1-2,7-8,24H,3-6H2,(H2,23,29). The Balaban J connectivity index is 1.86. The van der Waals surface area contributed by atoms with Crippen LogP contribution >= 0.6 is 23.2 Å². The van der Waals surface area contributed by atoms with Crippen molar-refractivity contribution in [3.05, 3.63) is 46.2 Å². The summed E-state index contributed by atoms with van der Waals surface area (Å²) >= 11 is 13.0. The Morgan fingerprint density at radius 2 is 2.00 bits per heavy atom. The van der Waals surface area contributed by atoms with Gasteiger partial charge in [-0.05, 0) is 12.1 Å². The highest BCUT2D eigenvalue weighted by Crippen LogP contribution is 2.40. The number of nitrogens with zero attached hydrogens (tertiary/aromatic N) is 4. The maximum atomic E-state index is 15.0. The van der Waals surface area contributed by atoms with E-state index in [1.165, 1.54) is 16.7 Å². The van der Waals surface area contributed by atoms with Crippen LogP contribution in [0, 0.1) is 5.82 Å². The number of H-pyrrole nitrogens is 1. The summed E-state index contributed by atoms with van der Waals surface area (Å²) in [6.45, 7) is 2.12. The van der Waals surface area contributed by atoms with E-state index in [0.717, 1.165) is 0 Å². The zero-order chi connectivity index (χ0) is 21.0. The van der Waals surface area contributed by atoms with Crippen LogP contribution in [0.25, 0.3) is 27.8 Å². The van der Waals surface area contributed by atoms with Crippen LogP contribution in [-0.2, 0) is 4.74 Å². The van der Waals surface area contributed by atoms with Crippen molar-refractivity contribution in [2.75, 3.05) is 31.2 Å². The molecule has 1 fully saturated rings. The van der Waals surface area contributed by atoms with Crippen LogP contribution in [0.2, 0.25) is 10.2 Å². The number of halogens is 3. The molecular weight excluding hydrogens is 434 g/mol. The molecule has 0 spiro atoms. The summed E-state index contributed by atoms with van der Waals surface area (Å²) in [6, 6.07) is 2.92. The molecule has 1 saturated heterocycles. The highest BCUT2D eigenvalue weighted by molar-refractivity contribution is 6.37. The van der Waals surface area contributed by atoms with E-state index in [1.807, 2.05) is 4.90 Å². The molecule has 3 aromatic heterocycles. The molecule has 0 unspecified atom stereocenters. The molecule has 30 heavy (non-hydrogen) atoms. The zero-order valence-corrected chi connectivity index (χ0v) is 17.0. The van der Waals surface area contributed by atoms with Gasteiger partial charge >= 0.3 is 0 Å². The lowest BCUT2D eigenvalue weighted by atomic mass is 10.1. The first-order valence-electron chi connectivity index (χ1n) is 9.12. The second kappa shape index (κ2) is 7.12. The number of benzene rings is 1. The van der Waals surface area contributed by atoms with E-state index in [4.69, 9.17) is 33.7 Å². The third kappa shape index (κ3) is 2.89. The smallest absolute Gasteiger partial charge is 0.268 e. The van der Waals surface area contributed by atoms with Crippen molar-refractivity contribution in [2.45, 2.75) is 0 Å². The van der Waals surface area contributed by atoms with Gasteiger partial charge in [0.15, 0.2) is 11.5 Å². The van der Waals surface area contributed by atoms with Crippen LogP contribution in [0.15, 0.2) is 24.5 Å². The zero-order valence-electron chi connectivity index (χ0n) is 15.5. The number of ether oxygens (including phenoxy) is 1. The van der Waals surface area contributed by atoms with Gasteiger partial charge < -0.3 is 20.4 Å². The van der Waals surface area contributed by atoms with E-state index < -0.39 is 11.7 Å². The molecule has 1 aliphatic heterocycles. The molecule has 0 saturated carbocycles. The second-order valence-electron chi connectivity index (χ2n) is 6.84. The minimum absolute atomic E-state index is 0.0312. The van der Waals surface area contributed by atoms with Gasteiger partial charge in [-0.25, -0.2) is 14.4 Å². The molecule has 0 aliphatic carbocycles. The number of anilines is 1. The molecular formula is C19H15Cl2FN6O2. The van der Waals surface area contributed by atoms with Crippen molar-refractivity contribution in [1.29, 1.82) is 0 Å². The number of fused-ring (bicyclic) bond motifs is 2. The summed E-state index contributed by atoms with van der Waals surface area (Å²) in [6.07, 6.45) is 3.00. The Labute approximate surface area is 179 Å². The molecule has 8 nitrogen and oxygen atoms in total. The van der Waals surface area contributed by atoms with Crippen LogP contribution in [0.5, 0.6) is 0 Å². The van der Waals surface area contributed by atoms with Crippen LogP contribution in [0.4, 0.5) is 10.2 Å². The first-order chi connectivity index (χ1) is 14.5. The van der Waals surface area contributed by atoms with Crippen molar-refractivity contribution in [1.82, 2.24) is 19.4 Å². The number of carbonyl (C=O) groups is 1. The highest BCUT2D eigenvalue weighted by Gasteiger charge is 2.26. The Hall–Kier alpha value is -2.88. The average molecular weight is 449 g/mol. The van der Waals surface area contributed by atoms with Gasteiger partial charge in [0.1, 0.15) is 22.4 Å². The number of primary amides is 1. The second-order valence-corrected chi connectivity index (χ2v) is 7.61. The number of nitrogens with one attached hydrogen (secondary N) is 1. The van der Waals surface area contributed by atoms with E-state index in [9.17, 15) is 4.79 Å². The molecule has 4 heterocycles. The number of morpholine rings is 1. The predicted octanol–water partition coefficient (Wildman–Crippen LogP) is 3.26. The SMILES string of the molecule is NC(=O)c1cn2c(Cl)c(-c3c(F)ccc4[nH]cc(Cl)c34)nc(N3CCOCC3)c2n1. The molecule has 1 amide bonds. The summed E-state index contributed by atoms with van der Waals surface area (Å²) < 4.78 is 22.0. The van der Waals surface area contributed by atoms with Gasteiger partial charge in [0, 0.05) is 41.9 Å². The lowest BCUT2D eigenvalue weighted by Crippen LogP contribution is -2.37. The van der Waals surface area contributed by atoms with Crippen molar-refractivity contribution < 1.29 is 13.9 Å². The number of carbonyl (C=O) groups excluding carboxylic acids is 1. The minimum atomic E-state index is -0.703. The average Bonchev–Trinajstić information content (AvgIpc) is 3.35. The number of hydrogen-bond acceptors (Lipinski definition) is 5. The number of hydrogen-bond donors (Lipinski definition) is 2. The van der Waals surface area contributed by atoms with Crippen molar-refractivity contribution >= 4 is 51.5 Å². The minimum Gasteiger partial charge on any atom is -0.378 e. The van der Waals surface area contributed by atoms with E-state index in [1.54, 1.807) is 12.3 Å². The Morgan fingerprint density at radius 1 is 1.23 bits per heavy atom. The molecule has 11 heteroatoms. The number of nitrogens with two attached hydrogens (primary N) is 1. The lowest BCUT2D eigenvalue weighted by Gasteiger charge is -2.28.